The Morgan fingerprint density at radius 2 is 1.90 bits per heavy atom. The lowest BCUT2D eigenvalue weighted by atomic mass is 10.1. The normalized spacial score (nSPS) is 10.2. The Bertz CT molecular complexity index is 650. The van der Waals surface area contributed by atoms with E-state index in [0.717, 1.165) is 23.4 Å². The van der Waals surface area contributed by atoms with Gasteiger partial charge in [-0.2, -0.15) is 0 Å². The third-order valence-corrected chi connectivity index (χ3v) is 3.39. The minimum atomic E-state index is -0.146. The summed E-state index contributed by atoms with van der Waals surface area (Å²) in [6.07, 6.45) is 0.869. The van der Waals surface area contributed by atoms with Crippen LogP contribution in [0.15, 0.2) is 42.5 Å². The van der Waals surface area contributed by atoms with Crippen molar-refractivity contribution in [1.82, 2.24) is 0 Å². The van der Waals surface area contributed by atoms with E-state index in [4.69, 9.17) is 5.73 Å². The Hall–Kier alpha value is -2.49. The molecule has 0 aliphatic carbocycles. The molecule has 0 bridgehead atoms. The molecule has 0 heterocycles. The number of hydrogen-bond donors (Lipinski definition) is 2. The van der Waals surface area contributed by atoms with Gasteiger partial charge in [0, 0.05) is 31.2 Å². The number of nitrogen functional groups attached to an aromatic ring is 1. The molecule has 0 aliphatic rings. The molecule has 0 saturated carbocycles. The molecule has 3 N–H and O–H groups in total. The minimum absolute atomic E-state index is 0.146. The number of para-hydroxylation sites is 1. The molecule has 0 unspecified atom stereocenters. The molecule has 21 heavy (non-hydrogen) atoms. The van der Waals surface area contributed by atoms with Crippen LogP contribution >= 0.6 is 0 Å². The fourth-order valence-electron chi connectivity index (χ4n) is 2.27. The number of hydrogen-bond acceptors (Lipinski definition) is 3. The van der Waals surface area contributed by atoms with Crippen molar-refractivity contribution in [2.75, 3.05) is 30.0 Å². The van der Waals surface area contributed by atoms with E-state index in [0.29, 0.717) is 11.3 Å². The van der Waals surface area contributed by atoms with Crippen molar-refractivity contribution in [2.45, 2.75) is 13.3 Å². The predicted octanol–water partition coefficient (Wildman–Crippen LogP) is 3.15. The van der Waals surface area contributed by atoms with E-state index in [2.05, 4.69) is 12.2 Å². The van der Waals surface area contributed by atoms with Crippen LogP contribution in [0.25, 0.3) is 0 Å². The van der Waals surface area contributed by atoms with Crippen molar-refractivity contribution in [3.05, 3.63) is 53.6 Å². The summed E-state index contributed by atoms with van der Waals surface area (Å²) >= 11 is 0. The summed E-state index contributed by atoms with van der Waals surface area (Å²) in [4.78, 5) is 14.5. The number of carbonyl (C=O) groups excluding carboxylic acids is 1. The first kappa shape index (κ1) is 14.9. The van der Waals surface area contributed by atoms with E-state index in [1.807, 2.05) is 49.3 Å². The van der Waals surface area contributed by atoms with Gasteiger partial charge in [-0.05, 0) is 36.2 Å². The van der Waals surface area contributed by atoms with Crippen molar-refractivity contribution >= 4 is 23.0 Å². The highest BCUT2D eigenvalue weighted by molar-refractivity contribution is 6.09. The molecule has 4 nitrogen and oxygen atoms in total. The predicted molar refractivity (Wildman–Crippen MR) is 89.0 cm³/mol. The molecule has 0 aromatic heterocycles. The third kappa shape index (κ3) is 3.34. The van der Waals surface area contributed by atoms with Crippen LogP contribution < -0.4 is 16.0 Å². The van der Waals surface area contributed by atoms with Crippen molar-refractivity contribution < 1.29 is 4.79 Å². The monoisotopic (exact) mass is 283 g/mol. The summed E-state index contributed by atoms with van der Waals surface area (Å²) in [6, 6.07) is 13.2. The van der Waals surface area contributed by atoms with E-state index in [1.54, 1.807) is 12.1 Å². The number of nitrogens with zero attached hydrogens (tertiary/aromatic N) is 1. The van der Waals surface area contributed by atoms with E-state index < -0.39 is 0 Å². The van der Waals surface area contributed by atoms with Crippen LogP contribution in [0, 0.1) is 0 Å². The molecule has 0 fully saturated rings. The molecule has 110 valence electrons. The van der Waals surface area contributed by atoms with Crippen LogP contribution in [0.1, 0.15) is 22.8 Å². The number of carbonyl (C=O) groups is 1. The summed E-state index contributed by atoms with van der Waals surface area (Å²) in [5.41, 5.74) is 9.77. The van der Waals surface area contributed by atoms with Gasteiger partial charge >= 0.3 is 0 Å². The summed E-state index contributed by atoms with van der Waals surface area (Å²) in [6.45, 7) is 2.07. The zero-order valence-corrected chi connectivity index (χ0v) is 12.7. The van der Waals surface area contributed by atoms with Crippen molar-refractivity contribution in [3.63, 3.8) is 0 Å². The lowest BCUT2D eigenvalue weighted by Gasteiger charge is -2.18. The SMILES string of the molecule is CCc1ccccc1NC(=O)c1cc(N)ccc1N(C)C. The summed E-state index contributed by atoms with van der Waals surface area (Å²) in [5, 5.41) is 2.98. The molecule has 0 radical (unpaired) electrons. The second-order valence-electron chi connectivity index (χ2n) is 5.14. The lowest BCUT2D eigenvalue weighted by molar-refractivity contribution is 0.102. The van der Waals surface area contributed by atoms with Gasteiger partial charge < -0.3 is 16.0 Å². The quantitative estimate of drug-likeness (QED) is 0.847. The maximum Gasteiger partial charge on any atom is 0.257 e. The molecule has 4 heteroatoms. The summed E-state index contributed by atoms with van der Waals surface area (Å²) in [5.74, 6) is -0.146. The topological polar surface area (TPSA) is 58.4 Å². The molecule has 2 aromatic rings. The van der Waals surface area contributed by atoms with Gasteiger partial charge in [-0.25, -0.2) is 0 Å². The lowest BCUT2D eigenvalue weighted by Crippen LogP contribution is -2.19. The maximum atomic E-state index is 12.6. The first-order valence-corrected chi connectivity index (χ1v) is 6.99. The number of rotatable bonds is 4. The molecular weight excluding hydrogens is 262 g/mol. The average Bonchev–Trinajstić information content (AvgIpc) is 2.47. The Balaban J connectivity index is 2.34. The summed E-state index contributed by atoms with van der Waals surface area (Å²) in [7, 11) is 3.81. The van der Waals surface area contributed by atoms with Crippen LogP contribution in [-0.4, -0.2) is 20.0 Å². The highest BCUT2D eigenvalue weighted by Gasteiger charge is 2.14. The van der Waals surface area contributed by atoms with Gasteiger partial charge in [0.1, 0.15) is 0 Å². The molecule has 0 saturated heterocycles. The van der Waals surface area contributed by atoms with E-state index in [1.165, 1.54) is 0 Å². The fourth-order valence-corrected chi connectivity index (χ4v) is 2.27. The maximum absolute atomic E-state index is 12.6. The van der Waals surface area contributed by atoms with Gasteiger partial charge in [0.15, 0.2) is 0 Å². The van der Waals surface area contributed by atoms with Gasteiger partial charge in [0.25, 0.3) is 5.91 Å². The Labute approximate surface area is 125 Å². The van der Waals surface area contributed by atoms with E-state index in [-0.39, 0.29) is 5.91 Å². The van der Waals surface area contributed by atoms with E-state index in [9.17, 15) is 4.79 Å². The molecular formula is C17H21N3O. The standard InChI is InChI=1S/C17H21N3O/c1-4-12-7-5-6-8-15(12)19-17(21)14-11-13(18)9-10-16(14)20(2)3/h5-11H,4,18H2,1-3H3,(H,19,21). The number of aryl methyl sites for hydroxylation is 1. The zero-order valence-electron chi connectivity index (χ0n) is 12.7. The molecule has 1 amide bonds. The van der Waals surface area contributed by atoms with E-state index >= 15 is 0 Å². The Morgan fingerprint density at radius 3 is 2.57 bits per heavy atom. The highest BCUT2D eigenvalue weighted by Crippen LogP contribution is 2.24. The minimum Gasteiger partial charge on any atom is -0.399 e. The zero-order chi connectivity index (χ0) is 15.4. The molecule has 0 atom stereocenters. The van der Waals surface area contributed by atoms with Crippen LogP contribution in [-0.2, 0) is 6.42 Å². The molecule has 2 rings (SSSR count). The second-order valence-corrected chi connectivity index (χ2v) is 5.14. The molecule has 2 aromatic carbocycles. The van der Waals surface area contributed by atoms with Gasteiger partial charge in [-0.1, -0.05) is 25.1 Å². The highest BCUT2D eigenvalue weighted by atomic mass is 16.1. The smallest absolute Gasteiger partial charge is 0.257 e. The van der Waals surface area contributed by atoms with Gasteiger partial charge in [-0.3, -0.25) is 4.79 Å². The van der Waals surface area contributed by atoms with Crippen LogP contribution in [0.3, 0.4) is 0 Å². The first-order chi connectivity index (χ1) is 10.0. The van der Waals surface area contributed by atoms with Crippen LogP contribution in [0.5, 0.6) is 0 Å². The average molecular weight is 283 g/mol. The van der Waals surface area contributed by atoms with Crippen molar-refractivity contribution in [2.24, 2.45) is 0 Å². The van der Waals surface area contributed by atoms with Gasteiger partial charge in [0.2, 0.25) is 0 Å². The Kier molecular flexibility index (Phi) is 4.48. The first-order valence-electron chi connectivity index (χ1n) is 6.99. The van der Waals surface area contributed by atoms with Gasteiger partial charge in [0.05, 0.1) is 5.56 Å². The van der Waals surface area contributed by atoms with Gasteiger partial charge in [-0.15, -0.1) is 0 Å². The molecule has 0 spiro atoms. The third-order valence-electron chi connectivity index (χ3n) is 3.39. The number of nitrogens with two attached hydrogens (primary N) is 1. The van der Waals surface area contributed by atoms with Crippen molar-refractivity contribution in [3.8, 4) is 0 Å². The Morgan fingerprint density at radius 1 is 1.19 bits per heavy atom. The van der Waals surface area contributed by atoms with Crippen LogP contribution in [0.4, 0.5) is 17.1 Å². The molecule has 0 aliphatic heterocycles. The van der Waals surface area contributed by atoms with Crippen molar-refractivity contribution in [1.29, 1.82) is 0 Å². The van der Waals surface area contributed by atoms with Crippen LogP contribution in [0.2, 0.25) is 0 Å². The second kappa shape index (κ2) is 6.31. The largest absolute Gasteiger partial charge is 0.399 e. The number of amides is 1. The number of benzene rings is 2. The summed E-state index contributed by atoms with van der Waals surface area (Å²) < 4.78 is 0. The fraction of sp³-hybridized carbons (Fsp3) is 0.235. The number of anilines is 3. The number of nitrogens with one attached hydrogen (secondary N) is 1.